The van der Waals surface area contributed by atoms with E-state index in [1.54, 1.807) is 13.0 Å². The highest BCUT2D eigenvalue weighted by Gasteiger charge is 2.15. The molecule has 1 amide bonds. The van der Waals surface area contributed by atoms with Crippen LogP contribution in [0.15, 0.2) is 30.5 Å². The second kappa shape index (κ2) is 6.30. The van der Waals surface area contributed by atoms with E-state index in [0.717, 1.165) is 11.8 Å². The van der Waals surface area contributed by atoms with Gasteiger partial charge in [-0.05, 0) is 32.0 Å². The van der Waals surface area contributed by atoms with Crippen molar-refractivity contribution in [1.29, 1.82) is 0 Å². The van der Waals surface area contributed by atoms with E-state index in [4.69, 9.17) is 0 Å². The molecule has 4 nitrogen and oxygen atoms in total. The van der Waals surface area contributed by atoms with E-state index in [1.165, 1.54) is 18.3 Å². The standard InChI is InChI=1S/C15H15F2N3O/c1-3-18-13-7-9(2)19-8-10(13)15(21)20-12-6-4-5-11(16)14(12)17/h4-8H,3H2,1-2H3,(H,18,19)(H,20,21). The molecule has 0 saturated carbocycles. The molecule has 0 bridgehead atoms. The molecule has 0 aliphatic carbocycles. The lowest BCUT2D eigenvalue weighted by Crippen LogP contribution is -2.16. The Balaban J connectivity index is 2.30. The fraction of sp³-hybridized carbons (Fsp3) is 0.200. The Hall–Kier alpha value is -2.50. The number of amides is 1. The quantitative estimate of drug-likeness (QED) is 0.908. The lowest BCUT2D eigenvalue weighted by Gasteiger charge is -2.12. The Kier molecular flexibility index (Phi) is 4.47. The van der Waals surface area contributed by atoms with Gasteiger partial charge in [0, 0.05) is 18.4 Å². The normalized spacial score (nSPS) is 10.3. The number of carbonyl (C=O) groups excluding carboxylic acids is 1. The SMILES string of the molecule is CCNc1cc(C)ncc1C(=O)Nc1cccc(F)c1F. The summed E-state index contributed by atoms with van der Waals surface area (Å²) < 4.78 is 26.7. The predicted octanol–water partition coefficient (Wildman–Crippen LogP) is 3.35. The number of carbonyl (C=O) groups is 1. The first-order valence-electron chi connectivity index (χ1n) is 6.48. The van der Waals surface area contributed by atoms with Gasteiger partial charge in [-0.2, -0.15) is 0 Å². The Morgan fingerprint density at radius 1 is 1.29 bits per heavy atom. The number of anilines is 2. The van der Waals surface area contributed by atoms with Gasteiger partial charge in [-0.1, -0.05) is 6.07 Å². The minimum atomic E-state index is -1.09. The van der Waals surface area contributed by atoms with Crippen molar-refractivity contribution >= 4 is 17.3 Å². The summed E-state index contributed by atoms with van der Waals surface area (Å²) in [6.45, 7) is 4.32. The maximum absolute atomic E-state index is 13.6. The lowest BCUT2D eigenvalue weighted by molar-refractivity contribution is 0.102. The molecule has 2 rings (SSSR count). The largest absolute Gasteiger partial charge is 0.385 e. The highest BCUT2D eigenvalue weighted by atomic mass is 19.2. The molecule has 0 radical (unpaired) electrons. The van der Waals surface area contributed by atoms with Crippen LogP contribution in [0.2, 0.25) is 0 Å². The van der Waals surface area contributed by atoms with Crippen molar-refractivity contribution in [2.75, 3.05) is 17.2 Å². The van der Waals surface area contributed by atoms with Crippen molar-refractivity contribution in [3.8, 4) is 0 Å². The first kappa shape index (κ1) is 14.9. The molecule has 0 spiro atoms. The van der Waals surface area contributed by atoms with Crippen molar-refractivity contribution in [2.24, 2.45) is 0 Å². The zero-order valence-electron chi connectivity index (χ0n) is 11.7. The highest BCUT2D eigenvalue weighted by Crippen LogP contribution is 2.20. The van der Waals surface area contributed by atoms with E-state index >= 15 is 0 Å². The number of rotatable bonds is 4. The van der Waals surface area contributed by atoms with Crippen LogP contribution in [-0.4, -0.2) is 17.4 Å². The number of hydrogen-bond acceptors (Lipinski definition) is 3. The molecule has 2 N–H and O–H groups in total. The van der Waals surface area contributed by atoms with Crippen LogP contribution in [0.5, 0.6) is 0 Å². The molecular formula is C15H15F2N3O. The van der Waals surface area contributed by atoms with Crippen LogP contribution in [0.4, 0.5) is 20.2 Å². The molecule has 0 aliphatic heterocycles. The Morgan fingerprint density at radius 2 is 2.05 bits per heavy atom. The second-order valence-electron chi connectivity index (χ2n) is 4.46. The van der Waals surface area contributed by atoms with Gasteiger partial charge in [-0.25, -0.2) is 8.78 Å². The molecule has 21 heavy (non-hydrogen) atoms. The third-order valence-electron chi connectivity index (χ3n) is 2.85. The number of halogens is 2. The van der Waals surface area contributed by atoms with Gasteiger partial charge < -0.3 is 10.6 Å². The van der Waals surface area contributed by atoms with Gasteiger partial charge >= 0.3 is 0 Å². The second-order valence-corrected chi connectivity index (χ2v) is 4.46. The predicted molar refractivity (Wildman–Crippen MR) is 77.4 cm³/mol. The molecule has 0 unspecified atom stereocenters. The molecule has 2 aromatic rings. The summed E-state index contributed by atoms with van der Waals surface area (Å²) in [4.78, 5) is 16.3. The molecule has 0 saturated heterocycles. The number of benzene rings is 1. The summed E-state index contributed by atoms with van der Waals surface area (Å²) in [5, 5.41) is 5.39. The number of pyridine rings is 1. The van der Waals surface area contributed by atoms with Crippen molar-refractivity contribution in [2.45, 2.75) is 13.8 Å². The summed E-state index contributed by atoms with van der Waals surface area (Å²) in [6, 6.07) is 5.33. The first-order valence-corrected chi connectivity index (χ1v) is 6.48. The summed E-state index contributed by atoms with van der Waals surface area (Å²) in [7, 11) is 0. The van der Waals surface area contributed by atoms with Crippen LogP contribution in [0.1, 0.15) is 23.0 Å². The average molecular weight is 291 g/mol. The number of nitrogens with one attached hydrogen (secondary N) is 2. The van der Waals surface area contributed by atoms with E-state index in [1.807, 2.05) is 6.92 Å². The van der Waals surface area contributed by atoms with Gasteiger partial charge in [0.05, 0.1) is 16.9 Å². The molecular weight excluding hydrogens is 276 g/mol. The Labute approximate surface area is 121 Å². The minimum absolute atomic E-state index is 0.206. The van der Waals surface area contributed by atoms with Crippen LogP contribution in [0, 0.1) is 18.6 Å². The molecule has 110 valence electrons. The third kappa shape index (κ3) is 3.34. The fourth-order valence-electron chi connectivity index (χ4n) is 1.87. The summed E-state index contributed by atoms with van der Waals surface area (Å²) in [6.07, 6.45) is 1.40. The van der Waals surface area contributed by atoms with E-state index < -0.39 is 17.5 Å². The minimum Gasteiger partial charge on any atom is -0.385 e. The summed E-state index contributed by atoms with van der Waals surface area (Å²) in [5.74, 6) is -2.65. The molecule has 1 heterocycles. The van der Waals surface area contributed by atoms with Gasteiger partial charge in [-0.15, -0.1) is 0 Å². The van der Waals surface area contributed by atoms with Gasteiger partial charge in [0.1, 0.15) is 0 Å². The van der Waals surface area contributed by atoms with Crippen LogP contribution in [0.25, 0.3) is 0 Å². The first-order chi connectivity index (χ1) is 10.0. The number of hydrogen-bond donors (Lipinski definition) is 2. The van der Waals surface area contributed by atoms with Gasteiger partial charge in [-0.3, -0.25) is 9.78 Å². The number of nitrogens with zero attached hydrogens (tertiary/aromatic N) is 1. The van der Waals surface area contributed by atoms with Crippen molar-refractivity contribution in [3.63, 3.8) is 0 Å². The molecule has 1 aromatic heterocycles. The zero-order valence-corrected chi connectivity index (χ0v) is 11.7. The van der Waals surface area contributed by atoms with Crippen LogP contribution >= 0.6 is 0 Å². The van der Waals surface area contributed by atoms with E-state index in [2.05, 4.69) is 15.6 Å². The van der Waals surface area contributed by atoms with Crippen molar-refractivity contribution < 1.29 is 13.6 Å². The van der Waals surface area contributed by atoms with Gasteiger partial charge in [0.2, 0.25) is 0 Å². The van der Waals surface area contributed by atoms with Crippen LogP contribution < -0.4 is 10.6 Å². The zero-order chi connectivity index (χ0) is 15.4. The van der Waals surface area contributed by atoms with Gasteiger partial charge in [0.15, 0.2) is 11.6 Å². The van der Waals surface area contributed by atoms with Crippen molar-refractivity contribution in [3.05, 3.63) is 53.4 Å². The Morgan fingerprint density at radius 3 is 2.76 bits per heavy atom. The molecule has 6 heteroatoms. The van der Waals surface area contributed by atoms with Crippen LogP contribution in [-0.2, 0) is 0 Å². The smallest absolute Gasteiger partial charge is 0.259 e. The number of aromatic nitrogens is 1. The lowest BCUT2D eigenvalue weighted by atomic mass is 10.2. The number of aryl methyl sites for hydroxylation is 1. The average Bonchev–Trinajstić information content (AvgIpc) is 2.44. The maximum atomic E-state index is 13.6. The fourth-order valence-corrected chi connectivity index (χ4v) is 1.87. The van der Waals surface area contributed by atoms with Crippen LogP contribution in [0.3, 0.4) is 0 Å². The highest BCUT2D eigenvalue weighted by molar-refractivity contribution is 6.07. The molecule has 0 fully saturated rings. The maximum Gasteiger partial charge on any atom is 0.259 e. The van der Waals surface area contributed by atoms with E-state index in [9.17, 15) is 13.6 Å². The van der Waals surface area contributed by atoms with Crippen molar-refractivity contribution in [1.82, 2.24) is 4.98 Å². The Bertz CT molecular complexity index is 674. The molecule has 0 atom stereocenters. The summed E-state index contributed by atoms with van der Waals surface area (Å²) >= 11 is 0. The van der Waals surface area contributed by atoms with Gasteiger partial charge in [0.25, 0.3) is 5.91 Å². The monoisotopic (exact) mass is 291 g/mol. The topological polar surface area (TPSA) is 54.0 Å². The third-order valence-corrected chi connectivity index (χ3v) is 2.85. The van der Waals surface area contributed by atoms with E-state index in [0.29, 0.717) is 12.2 Å². The van der Waals surface area contributed by atoms with E-state index in [-0.39, 0.29) is 11.3 Å². The summed E-state index contributed by atoms with van der Waals surface area (Å²) in [5.41, 5.74) is 1.41. The molecule has 0 aliphatic rings. The molecule has 1 aromatic carbocycles.